The van der Waals surface area contributed by atoms with Crippen molar-refractivity contribution >= 4 is 16.3 Å². The first-order valence-corrected chi connectivity index (χ1v) is 10.0. The Hall–Kier alpha value is -1.98. The summed E-state index contributed by atoms with van der Waals surface area (Å²) in [4.78, 5) is 11.6. The lowest BCUT2D eigenvalue weighted by molar-refractivity contribution is -0.108. The standard InChI is InChI=1S/C20H21NO3S/c1-15-7-9-18(10-8-15)25(23,24)21-19(16-5-3-2-4-6-16)13-17-14-20(17,21)11-12-22/h2-10,12,17,19H,11,13-14H2,1H3/t17-,19-,20+/m1/s1. The quantitative estimate of drug-likeness (QED) is 0.772. The van der Waals surface area contributed by atoms with Crippen LogP contribution >= 0.6 is 0 Å². The molecule has 1 aliphatic carbocycles. The van der Waals surface area contributed by atoms with Gasteiger partial charge in [0, 0.05) is 12.0 Å². The Labute approximate surface area is 148 Å². The molecule has 0 N–H and O–H groups in total. The van der Waals surface area contributed by atoms with Crippen LogP contribution in [0.3, 0.4) is 0 Å². The van der Waals surface area contributed by atoms with Crippen molar-refractivity contribution in [2.75, 3.05) is 0 Å². The summed E-state index contributed by atoms with van der Waals surface area (Å²) in [5.74, 6) is 0.267. The molecule has 1 saturated heterocycles. The maximum atomic E-state index is 13.5. The second-order valence-electron chi connectivity index (χ2n) is 7.15. The van der Waals surface area contributed by atoms with Crippen molar-refractivity contribution in [3.8, 4) is 0 Å². The van der Waals surface area contributed by atoms with Gasteiger partial charge in [0.25, 0.3) is 0 Å². The van der Waals surface area contributed by atoms with Gasteiger partial charge in [-0.2, -0.15) is 4.31 Å². The van der Waals surface area contributed by atoms with Crippen molar-refractivity contribution in [1.29, 1.82) is 0 Å². The highest BCUT2D eigenvalue weighted by Gasteiger charge is 2.68. The molecule has 1 aliphatic heterocycles. The molecular formula is C20H21NO3S. The SMILES string of the molecule is Cc1ccc(S(=O)(=O)N2[C@@H](c3ccccc3)C[C@@H]3C[C@@]32CC=O)cc1. The van der Waals surface area contributed by atoms with Crippen molar-refractivity contribution in [2.24, 2.45) is 5.92 Å². The maximum Gasteiger partial charge on any atom is 0.244 e. The number of sulfonamides is 1. The molecule has 130 valence electrons. The van der Waals surface area contributed by atoms with E-state index in [1.54, 1.807) is 16.4 Å². The zero-order valence-electron chi connectivity index (χ0n) is 14.1. The second kappa shape index (κ2) is 5.78. The van der Waals surface area contributed by atoms with Gasteiger partial charge in [-0.1, -0.05) is 48.0 Å². The molecule has 0 aromatic heterocycles. The van der Waals surface area contributed by atoms with Crippen molar-refractivity contribution in [1.82, 2.24) is 4.31 Å². The molecule has 5 heteroatoms. The number of carbonyl (C=O) groups excluding carboxylic acids is 1. The zero-order chi connectivity index (χ0) is 17.7. The summed E-state index contributed by atoms with van der Waals surface area (Å²) in [5.41, 5.74) is 1.48. The average Bonchev–Trinajstić information content (AvgIpc) is 3.18. The van der Waals surface area contributed by atoms with Gasteiger partial charge in [0.1, 0.15) is 6.29 Å². The normalized spacial score (nSPS) is 28.5. The van der Waals surface area contributed by atoms with Gasteiger partial charge in [-0.25, -0.2) is 8.42 Å². The Morgan fingerprint density at radius 2 is 1.80 bits per heavy atom. The van der Waals surface area contributed by atoms with E-state index in [4.69, 9.17) is 0 Å². The highest BCUT2D eigenvalue weighted by molar-refractivity contribution is 7.89. The third kappa shape index (κ3) is 2.53. The van der Waals surface area contributed by atoms with E-state index in [1.165, 1.54) is 0 Å². The summed E-state index contributed by atoms with van der Waals surface area (Å²) in [6.45, 7) is 1.93. The Morgan fingerprint density at radius 3 is 2.44 bits per heavy atom. The molecule has 2 aromatic rings. The molecule has 2 aliphatic rings. The van der Waals surface area contributed by atoms with Crippen LogP contribution in [-0.2, 0) is 14.8 Å². The molecule has 1 saturated carbocycles. The molecule has 25 heavy (non-hydrogen) atoms. The summed E-state index contributed by atoms with van der Waals surface area (Å²) in [6.07, 6.45) is 2.69. The number of aldehydes is 1. The van der Waals surface area contributed by atoms with Crippen LogP contribution in [0.5, 0.6) is 0 Å². The summed E-state index contributed by atoms with van der Waals surface area (Å²) < 4.78 is 28.6. The second-order valence-corrected chi connectivity index (χ2v) is 8.97. The van der Waals surface area contributed by atoms with Gasteiger partial charge in [-0.15, -0.1) is 0 Å². The fourth-order valence-electron chi connectivity index (χ4n) is 4.28. The van der Waals surface area contributed by atoms with Crippen LogP contribution in [0.15, 0.2) is 59.5 Å². The Bertz CT molecular complexity index is 892. The molecule has 0 radical (unpaired) electrons. The molecule has 0 amide bonds. The highest BCUT2D eigenvalue weighted by Crippen LogP contribution is 2.65. The third-order valence-corrected chi connectivity index (χ3v) is 7.63. The summed E-state index contributed by atoms with van der Waals surface area (Å²) >= 11 is 0. The molecule has 0 bridgehead atoms. The highest BCUT2D eigenvalue weighted by atomic mass is 32.2. The molecule has 4 nitrogen and oxygen atoms in total. The third-order valence-electron chi connectivity index (χ3n) is 5.63. The molecular weight excluding hydrogens is 334 g/mol. The molecule has 4 rings (SSSR count). The number of rotatable bonds is 5. The van der Waals surface area contributed by atoms with Crippen LogP contribution in [0.4, 0.5) is 0 Å². The molecule has 1 heterocycles. The molecule has 0 spiro atoms. The number of aryl methyl sites for hydroxylation is 1. The van der Waals surface area contributed by atoms with E-state index in [-0.39, 0.29) is 18.4 Å². The molecule has 2 aromatic carbocycles. The summed E-state index contributed by atoms with van der Waals surface area (Å²) in [6, 6.07) is 16.5. The number of benzene rings is 2. The minimum absolute atomic E-state index is 0.203. The van der Waals surface area contributed by atoms with Gasteiger partial charge in [0.15, 0.2) is 0 Å². The van der Waals surface area contributed by atoms with Crippen molar-refractivity contribution in [3.05, 3.63) is 65.7 Å². The van der Waals surface area contributed by atoms with E-state index >= 15 is 0 Å². The lowest BCUT2D eigenvalue weighted by Gasteiger charge is -2.32. The van der Waals surface area contributed by atoms with Crippen molar-refractivity contribution in [3.63, 3.8) is 0 Å². The Balaban J connectivity index is 1.81. The lowest BCUT2D eigenvalue weighted by Crippen LogP contribution is -2.41. The van der Waals surface area contributed by atoms with E-state index < -0.39 is 15.6 Å². The number of piperidine rings is 1. The summed E-state index contributed by atoms with van der Waals surface area (Å²) in [7, 11) is -3.67. The summed E-state index contributed by atoms with van der Waals surface area (Å²) in [5, 5.41) is 0. The van der Waals surface area contributed by atoms with Crippen LogP contribution in [0, 0.1) is 12.8 Å². The van der Waals surface area contributed by atoms with Crippen molar-refractivity contribution < 1.29 is 13.2 Å². The molecule has 0 unspecified atom stereocenters. The topological polar surface area (TPSA) is 54.5 Å². The minimum Gasteiger partial charge on any atom is -0.303 e. The average molecular weight is 355 g/mol. The van der Waals surface area contributed by atoms with Crippen LogP contribution < -0.4 is 0 Å². The minimum atomic E-state index is -3.67. The molecule has 2 fully saturated rings. The van der Waals surface area contributed by atoms with E-state index in [2.05, 4.69) is 0 Å². The maximum absolute atomic E-state index is 13.5. The zero-order valence-corrected chi connectivity index (χ0v) is 14.9. The lowest BCUT2D eigenvalue weighted by atomic mass is 10.0. The first-order chi connectivity index (χ1) is 12.0. The van der Waals surface area contributed by atoms with Crippen LogP contribution in [0.2, 0.25) is 0 Å². The predicted octanol–water partition coefficient (Wildman–Crippen LogP) is 3.48. The number of nitrogens with zero attached hydrogens (tertiary/aromatic N) is 1. The Kier molecular flexibility index (Phi) is 3.81. The fraction of sp³-hybridized carbons (Fsp3) is 0.350. The predicted molar refractivity (Wildman–Crippen MR) is 95.5 cm³/mol. The van der Waals surface area contributed by atoms with Crippen LogP contribution in [0.1, 0.15) is 36.4 Å². The Morgan fingerprint density at radius 1 is 1.12 bits per heavy atom. The first-order valence-electron chi connectivity index (χ1n) is 8.59. The first kappa shape index (κ1) is 16.5. The number of carbonyl (C=O) groups is 1. The van der Waals surface area contributed by atoms with Gasteiger partial charge in [-0.3, -0.25) is 0 Å². The molecule has 3 atom stereocenters. The monoisotopic (exact) mass is 355 g/mol. The number of fused-ring (bicyclic) bond motifs is 1. The smallest absolute Gasteiger partial charge is 0.244 e. The van der Waals surface area contributed by atoms with E-state index in [0.717, 1.165) is 30.3 Å². The van der Waals surface area contributed by atoms with E-state index in [1.807, 2.05) is 49.4 Å². The van der Waals surface area contributed by atoms with Crippen molar-refractivity contribution in [2.45, 2.75) is 42.7 Å². The fourth-order valence-corrected chi connectivity index (χ4v) is 6.30. The van der Waals surface area contributed by atoms with Gasteiger partial charge in [0.2, 0.25) is 10.0 Å². The van der Waals surface area contributed by atoms with Crippen LogP contribution in [0.25, 0.3) is 0 Å². The van der Waals surface area contributed by atoms with E-state index in [0.29, 0.717) is 4.90 Å². The number of hydrogen-bond donors (Lipinski definition) is 0. The van der Waals surface area contributed by atoms with Gasteiger partial charge >= 0.3 is 0 Å². The van der Waals surface area contributed by atoms with Gasteiger partial charge in [-0.05, 0) is 43.4 Å². The number of hydrogen-bond acceptors (Lipinski definition) is 3. The van der Waals surface area contributed by atoms with Gasteiger partial charge < -0.3 is 4.79 Å². The van der Waals surface area contributed by atoms with E-state index in [9.17, 15) is 13.2 Å². The van der Waals surface area contributed by atoms with Crippen LogP contribution in [-0.4, -0.2) is 24.5 Å². The van der Waals surface area contributed by atoms with Gasteiger partial charge in [0.05, 0.1) is 10.9 Å². The largest absolute Gasteiger partial charge is 0.303 e.